The fraction of sp³-hybridized carbons (Fsp3) is 0.364. The maximum Gasteiger partial charge on any atom is 0.251 e. The number of nitrogens with zero attached hydrogens (tertiary/aromatic N) is 1. The van der Waals surface area contributed by atoms with Crippen molar-refractivity contribution in [1.29, 1.82) is 0 Å². The van der Waals surface area contributed by atoms with Gasteiger partial charge in [-0.3, -0.25) is 4.79 Å². The van der Waals surface area contributed by atoms with Crippen LogP contribution in [0.3, 0.4) is 0 Å². The molecule has 0 fully saturated rings. The number of benzene rings is 2. The molecule has 0 saturated heterocycles. The molecule has 0 radical (unpaired) electrons. The maximum atomic E-state index is 12.7. The molecule has 6 heteroatoms. The molecule has 6 nitrogen and oxygen atoms in total. The van der Waals surface area contributed by atoms with Gasteiger partial charge in [0.1, 0.15) is 5.52 Å². The van der Waals surface area contributed by atoms with Crippen LogP contribution in [0.15, 0.2) is 40.8 Å². The van der Waals surface area contributed by atoms with E-state index in [-0.39, 0.29) is 17.9 Å². The first-order chi connectivity index (χ1) is 13.5. The zero-order valence-electron chi connectivity index (χ0n) is 16.3. The molecule has 1 aliphatic rings. The molecule has 1 aromatic heterocycles. The quantitative estimate of drug-likeness (QED) is 0.716. The Hall–Kier alpha value is -3.02. The van der Waals surface area contributed by atoms with Crippen LogP contribution in [0, 0.1) is 0 Å². The average molecular weight is 380 g/mol. The number of hydrogen-bond donors (Lipinski definition) is 1. The van der Waals surface area contributed by atoms with Crippen LogP contribution in [0.2, 0.25) is 0 Å². The number of carbonyl (C=O) groups is 1. The van der Waals surface area contributed by atoms with Crippen LogP contribution in [-0.4, -0.2) is 24.1 Å². The Morgan fingerprint density at radius 3 is 2.61 bits per heavy atom. The lowest BCUT2D eigenvalue weighted by molar-refractivity contribution is 0.0940. The number of ether oxygens (including phenoxy) is 2. The molecular weight excluding hydrogens is 356 g/mol. The number of hydrogen-bond acceptors (Lipinski definition) is 5. The van der Waals surface area contributed by atoms with Crippen molar-refractivity contribution in [1.82, 2.24) is 10.3 Å². The predicted octanol–water partition coefficient (Wildman–Crippen LogP) is 4.60. The van der Waals surface area contributed by atoms with Gasteiger partial charge in [0.05, 0.1) is 19.3 Å². The van der Waals surface area contributed by atoms with Crippen LogP contribution in [0.1, 0.15) is 61.0 Å². The lowest BCUT2D eigenvalue weighted by Crippen LogP contribution is -2.26. The normalized spacial score (nSPS) is 14.7. The summed E-state index contributed by atoms with van der Waals surface area (Å²) < 4.78 is 17.1. The van der Waals surface area contributed by atoms with Gasteiger partial charge in [-0.2, -0.15) is 0 Å². The standard InChI is InChI=1S/C22H24N2O4/c1-13(2)22-24-17-11-16(6-7-18(17)28-22)21(25)23-14(3)15-5-8-19-20(12-15)27-10-4-9-26-19/h5-8,11-14H,4,9-10H2,1-3H3,(H,23,25)/t14-/m1/s1. The zero-order chi connectivity index (χ0) is 19.7. The van der Waals surface area contributed by atoms with Gasteiger partial charge in [-0.1, -0.05) is 19.9 Å². The van der Waals surface area contributed by atoms with E-state index in [2.05, 4.69) is 10.3 Å². The molecular formula is C22H24N2O4. The van der Waals surface area contributed by atoms with Gasteiger partial charge in [-0.25, -0.2) is 4.98 Å². The first kappa shape index (κ1) is 18.3. The van der Waals surface area contributed by atoms with E-state index in [1.165, 1.54) is 0 Å². The van der Waals surface area contributed by atoms with Gasteiger partial charge in [0.2, 0.25) is 0 Å². The molecule has 0 saturated carbocycles. The van der Waals surface area contributed by atoms with Crippen LogP contribution >= 0.6 is 0 Å². The molecule has 3 aromatic rings. The van der Waals surface area contributed by atoms with Crippen LogP contribution in [0.25, 0.3) is 11.1 Å². The van der Waals surface area contributed by atoms with Crippen molar-refractivity contribution in [2.75, 3.05) is 13.2 Å². The molecule has 1 atom stereocenters. The Morgan fingerprint density at radius 1 is 1.04 bits per heavy atom. The molecule has 1 amide bonds. The number of oxazole rings is 1. The van der Waals surface area contributed by atoms with Gasteiger partial charge in [-0.15, -0.1) is 0 Å². The highest BCUT2D eigenvalue weighted by atomic mass is 16.5. The van der Waals surface area contributed by atoms with E-state index in [0.717, 1.165) is 23.5 Å². The van der Waals surface area contributed by atoms with Gasteiger partial charge in [0.15, 0.2) is 23.0 Å². The minimum absolute atomic E-state index is 0.157. The van der Waals surface area contributed by atoms with Crippen molar-refractivity contribution in [2.45, 2.75) is 39.2 Å². The van der Waals surface area contributed by atoms with E-state index < -0.39 is 0 Å². The van der Waals surface area contributed by atoms with E-state index >= 15 is 0 Å². The molecule has 0 unspecified atom stereocenters. The highest BCUT2D eigenvalue weighted by Gasteiger charge is 2.17. The first-order valence-electron chi connectivity index (χ1n) is 9.62. The predicted molar refractivity (Wildman–Crippen MR) is 106 cm³/mol. The van der Waals surface area contributed by atoms with E-state index in [1.54, 1.807) is 18.2 Å². The van der Waals surface area contributed by atoms with Crippen molar-refractivity contribution in [2.24, 2.45) is 0 Å². The number of nitrogens with one attached hydrogen (secondary N) is 1. The van der Waals surface area contributed by atoms with E-state index in [0.29, 0.717) is 35.8 Å². The summed E-state index contributed by atoms with van der Waals surface area (Å²) in [5, 5.41) is 3.04. The van der Waals surface area contributed by atoms with Gasteiger partial charge in [0.25, 0.3) is 5.91 Å². The zero-order valence-corrected chi connectivity index (χ0v) is 16.3. The largest absolute Gasteiger partial charge is 0.490 e. The second-order valence-corrected chi connectivity index (χ2v) is 7.34. The number of fused-ring (bicyclic) bond motifs is 2. The van der Waals surface area contributed by atoms with Crippen molar-refractivity contribution >= 4 is 17.0 Å². The van der Waals surface area contributed by atoms with Crippen LogP contribution in [0.4, 0.5) is 0 Å². The summed E-state index contributed by atoms with van der Waals surface area (Å²) >= 11 is 0. The van der Waals surface area contributed by atoms with E-state index in [1.807, 2.05) is 39.0 Å². The van der Waals surface area contributed by atoms with Crippen LogP contribution < -0.4 is 14.8 Å². The summed E-state index contributed by atoms with van der Waals surface area (Å²) in [5.41, 5.74) is 2.90. The summed E-state index contributed by atoms with van der Waals surface area (Å²) in [6, 6.07) is 10.9. The second-order valence-electron chi connectivity index (χ2n) is 7.34. The summed E-state index contributed by atoms with van der Waals surface area (Å²) in [4.78, 5) is 17.2. The maximum absolute atomic E-state index is 12.7. The third kappa shape index (κ3) is 3.67. The number of amides is 1. The molecule has 146 valence electrons. The van der Waals surface area contributed by atoms with Gasteiger partial charge >= 0.3 is 0 Å². The monoisotopic (exact) mass is 380 g/mol. The fourth-order valence-electron chi connectivity index (χ4n) is 3.15. The number of carbonyl (C=O) groups excluding carboxylic acids is 1. The minimum atomic E-state index is -0.177. The van der Waals surface area contributed by atoms with E-state index in [4.69, 9.17) is 13.9 Å². The van der Waals surface area contributed by atoms with Gasteiger partial charge in [0, 0.05) is 17.9 Å². The molecule has 28 heavy (non-hydrogen) atoms. The lowest BCUT2D eigenvalue weighted by Gasteiger charge is -2.16. The average Bonchev–Trinajstić information content (AvgIpc) is 2.98. The molecule has 4 rings (SSSR count). The number of rotatable bonds is 4. The Kier molecular flexibility index (Phi) is 4.94. The highest BCUT2D eigenvalue weighted by Crippen LogP contribution is 2.32. The number of aromatic nitrogens is 1. The molecule has 2 heterocycles. The minimum Gasteiger partial charge on any atom is -0.490 e. The summed E-state index contributed by atoms with van der Waals surface area (Å²) in [5.74, 6) is 2.19. The summed E-state index contributed by atoms with van der Waals surface area (Å²) in [6.07, 6.45) is 0.860. The Balaban J connectivity index is 1.51. The Labute approximate surface area is 163 Å². The van der Waals surface area contributed by atoms with Crippen LogP contribution in [-0.2, 0) is 0 Å². The topological polar surface area (TPSA) is 73.6 Å². The van der Waals surface area contributed by atoms with Crippen molar-refractivity contribution < 1.29 is 18.7 Å². The lowest BCUT2D eigenvalue weighted by atomic mass is 10.1. The fourth-order valence-corrected chi connectivity index (χ4v) is 3.15. The van der Waals surface area contributed by atoms with Crippen molar-refractivity contribution in [3.8, 4) is 11.5 Å². The van der Waals surface area contributed by atoms with Crippen molar-refractivity contribution in [3.05, 3.63) is 53.4 Å². The third-order valence-corrected chi connectivity index (χ3v) is 4.78. The third-order valence-electron chi connectivity index (χ3n) is 4.78. The van der Waals surface area contributed by atoms with Gasteiger partial charge in [-0.05, 0) is 42.8 Å². The smallest absolute Gasteiger partial charge is 0.251 e. The van der Waals surface area contributed by atoms with E-state index in [9.17, 15) is 4.79 Å². The summed E-state index contributed by atoms with van der Waals surface area (Å²) in [6.45, 7) is 7.28. The Bertz CT molecular complexity index is 1010. The SMILES string of the molecule is CC(C)c1nc2cc(C(=O)N[C@H](C)c3ccc4c(c3)OCCCO4)ccc2o1. The highest BCUT2D eigenvalue weighted by molar-refractivity contribution is 5.97. The first-order valence-corrected chi connectivity index (χ1v) is 9.62. The molecule has 1 N–H and O–H groups in total. The van der Waals surface area contributed by atoms with Crippen molar-refractivity contribution in [3.63, 3.8) is 0 Å². The summed E-state index contributed by atoms with van der Waals surface area (Å²) in [7, 11) is 0. The molecule has 1 aliphatic heterocycles. The molecule has 2 aromatic carbocycles. The molecule has 0 spiro atoms. The van der Waals surface area contributed by atoms with Crippen LogP contribution in [0.5, 0.6) is 11.5 Å². The molecule has 0 bridgehead atoms. The molecule has 0 aliphatic carbocycles. The second kappa shape index (κ2) is 7.54. The van der Waals surface area contributed by atoms with Gasteiger partial charge < -0.3 is 19.2 Å². The Morgan fingerprint density at radius 2 is 1.82 bits per heavy atom.